The van der Waals surface area contributed by atoms with Crippen molar-refractivity contribution in [3.8, 4) is 0 Å². The number of hydrogen-bond donors (Lipinski definition) is 2. The second-order valence-corrected chi connectivity index (χ2v) is 13.2. The largest absolute Gasteiger partial charge is 0.388 e. The van der Waals surface area contributed by atoms with Crippen LogP contribution in [0.5, 0.6) is 0 Å². The summed E-state index contributed by atoms with van der Waals surface area (Å²) in [6.07, 6.45) is 36.1. The normalized spacial score (nSPS) is 13.1. The molecule has 0 aliphatic carbocycles. The number of rotatable bonds is 39. The van der Waals surface area contributed by atoms with Crippen LogP contribution in [0, 0.1) is 0 Å². The molecule has 2 unspecified atom stereocenters. The van der Waals surface area contributed by atoms with Gasteiger partial charge in [0.05, 0.1) is 13.2 Å². The number of hydrogen-bond acceptors (Lipinski definition) is 6. The van der Waals surface area contributed by atoms with Crippen LogP contribution in [0.15, 0.2) is 0 Å². The maximum atomic E-state index is 9.97. The highest BCUT2D eigenvalue weighted by Crippen LogP contribution is 2.14. The minimum Gasteiger partial charge on any atom is -0.388 e. The minimum atomic E-state index is -0.727. The van der Waals surface area contributed by atoms with Crippen molar-refractivity contribution in [1.29, 1.82) is 0 Å². The molecular formula is C38H78O6. The van der Waals surface area contributed by atoms with Gasteiger partial charge in [-0.05, 0) is 12.8 Å². The number of unbranched alkanes of at least 4 members (excludes halogenated alkanes) is 26. The van der Waals surface area contributed by atoms with Crippen LogP contribution in [-0.4, -0.2) is 62.1 Å². The Balaban J connectivity index is 3.24. The van der Waals surface area contributed by atoms with Gasteiger partial charge < -0.3 is 19.7 Å². The molecule has 0 fully saturated rings. The highest BCUT2D eigenvalue weighted by Gasteiger charge is 2.08. The summed E-state index contributed by atoms with van der Waals surface area (Å²) >= 11 is 0. The van der Waals surface area contributed by atoms with Crippen LogP contribution in [0.4, 0.5) is 0 Å². The van der Waals surface area contributed by atoms with Crippen LogP contribution in [-0.2, 0) is 19.2 Å². The molecule has 0 spiro atoms. The second kappa shape index (κ2) is 38.9. The zero-order chi connectivity index (χ0) is 32.0. The van der Waals surface area contributed by atoms with Gasteiger partial charge in [0.1, 0.15) is 25.4 Å². The standard InChI is InChI=1S/C38H78O6/c1-3-5-7-9-11-13-15-17-19-21-23-25-27-29-31-41-33-37(39)35-43-44-36-38(40)34-42-32-30-28-26-24-22-20-18-16-14-12-10-8-6-4-2/h37-40H,3-36H2,1-2H3. The van der Waals surface area contributed by atoms with Crippen molar-refractivity contribution in [3.05, 3.63) is 0 Å². The molecule has 2 atom stereocenters. The Morgan fingerprint density at radius 3 is 0.795 bits per heavy atom. The molecule has 0 aromatic rings. The predicted octanol–water partition coefficient (Wildman–Crippen LogP) is 10.7. The molecule has 0 aliphatic rings. The Hall–Kier alpha value is -0.240. The Bertz CT molecular complexity index is 462. The van der Waals surface area contributed by atoms with E-state index in [1.54, 1.807) is 0 Å². The van der Waals surface area contributed by atoms with Gasteiger partial charge in [0.2, 0.25) is 0 Å². The lowest BCUT2D eigenvalue weighted by Crippen LogP contribution is -2.25. The second-order valence-electron chi connectivity index (χ2n) is 13.2. The van der Waals surface area contributed by atoms with Gasteiger partial charge in [0, 0.05) is 13.2 Å². The van der Waals surface area contributed by atoms with Crippen molar-refractivity contribution < 1.29 is 29.5 Å². The summed E-state index contributed by atoms with van der Waals surface area (Å²) in [5, 5.41) is 19.9. The molecule has 0 aliphatic heterocycles. The Morgan fingerprint density at radius 2 is 0.545 bits per heavy atom. The minimum absolute atomic E-state index is 0.0331. The van der Waals surface area contributed by atoms with E-state index in [0.29, 0.717) is 13.2 Å². The molecule has 0 bridgehead atoms. The summed E-state index contributed by atoms with van der Waals surface area (Å²) < 4.78 is 11.1. The quantitative estimate of drug-likeness (QED) is 0.0400. The maximum absolute atomic E-state index is 9.97. The number of aliphatic hydroxyl groups is 2. The smallest absolute Gasteiger partial charge is 0.110 e. The first kappa shape index (κ1) is 43.8. The van der Waals surface area contributed by atoms with Gasteiger partial charge in [-0.3, -0.25) is 0 Å². The molecule has 6 heteroatoms. The molecule has 0 amide bonds. The first-order valence-electron chi connectivity index (χ1n) is 19.5. The van der Waals surface area contributed by atoms with Gasteiger partial charge in [-0.25, -0.2) is 9.78 Å². The zero-order valence-electron chi connectivity index (χ0n) is 29.7. The molecular weight excluding hydrogens is 552 g/mol. The number of ether oxygens (including phenoxy) is 2. The van der Waals surface area contributed by atoms with Crippen LogP contribution in [0.1, 0.15) is 194 Å². The van der Waals surface area contributed by atoms with E-state index in [0.717, 1.165) is 12.8 Å². The lowest BCUT2D eigenvalue weighted by molar-refractivity contribution is -0.317. The van der Waals surface area contributed by atoms with Crippen LogP contribution in [0.3, 0.4) is 0 Å². The highest BCUT2D eigenvalue weighted by atomic mass is 17.2. The fraction of sp³-hybridized carbons (Fsp3) is 1.00. The van der Waals surface area contributed by atoms with E-state index in [2.05, 4.69) is 13.8 Å². The van der Waals surface area contributed by atoms with Gasteiger partial charge in [0.15, 0.2) is 0 Å². The third-order valence-corrected chi connectivity index (χ3v) is 8.51. The van der Waals surface area contributed by atoms with Crippen molar-refractivity contribution in [3.63, 3.8) is 0 Å². The molecule has 44 heavy (non-hydrogen) atoms. The van der Waals surface area contributed by atoms with Crippen molar-refractivity contribution >= 4 is 0 Å². The zero-order valence-corrected chi connectivity index (χ0v) is 29.7. The predicted molar refractivity (Wildman–Crippen MR) is 186 cm³/mol. The average molecular weight is 631 g/mol. The van der Waals surface area contributed by atoms with Gasteiger partial charge in [0.25, 0.3) is 0 Å². The van der Waals surface area contributed by atoms with E-state index < -0.39 is 12.2 Å². The van der Waals surface area contributed by atoms with E-state index in [4.69, 9.17) is 19.2 Å². The molecule has 0 heterocycles. The van der Waals surface area contributed by atoms with Crippen LogP contribution >= 0.6 is 0 Å². The summed E-state index contributed by atoms with van der Waals surface area (Å²) in [5.74, 6) is 0. The van der Waals surface area contributed by atoms with Crippen molar-refractivity contribution in [2.45, 2.75) is 206 Å². The molecule has 0 aromatic heterocycles. The van der Waals surface area contributed by atoms with E-state index in [1.807, 2.05) is 0 Å². The van der Waals surface area contributed by atoms with Gasteiger partial charge in [-0.2, -0.15) is 0 Å². The molecule has 266 valence electrons. The maximum Gasteiger partial charge on any atom is 0.110 e. The molecule has 2 N–H and O–H groups in total. The summed E-state index contributed by atoms with van der Waals surface area (Å²) in [7, 11) is 0. The molecule has 0 saturated carbocycles. The lowest BCUT2D eigenvalue weighted by atomic mass is 10.0. The fourth-order valence-corrected chi connectivity index (χ4v) is 5.59. The lowest BCUT2D eigenvalue weighted by Gasteiger charge is -2.13. The van der Waals surface area contributed by atoms with E-state index >= 15 is 0 Å². The van der Waals surface area contributed by atoms with E-state index in [9.17, 15) is 10.2 Å². The molecule has 6 nitrogen and oxygen atoms in total. The molecule has 0 rings (SSSR count). The summed E-state index contributed by atoms with van der Waals surface area (Å²) in [4.78, 5) is 10.1. The Kier molecular flexibility index (Phi) is 38.7. The van der Waals surface area contributed by atoms with Crippen molar-refractivity contribution in [2.75, 3.05) is 39.6 Å². The Morgan fingerprint density at radius 1 is 0.318 bits per heavy atom. The Labute approximate surface area is 274 Å². The van der Waals surface area contributed by atoms with Gasteiger partial charge >= 0.3 is 0 Å². The molecule has 0 radical (unpaired) electrons. The van der Waals surface area contributed by atoms with E-state index in [-0.39, 0.29) is 26.4 Å². The summed E-state index contributed by atoms with van der Waals surface area (Å²) in [6.45, 7) is 6.45. The fourth-order valence-electron chi connectivity index (χ4n) is 5.59. The van der Waals surface area contributed by atoms with E-state index in [1.165, 1.54) is 167 Å². The molecule has 0 saturated heterocycles. The average Bonchev–Trinajstić information content (AvgIpc) is 3.02. The molecule has 0 aromatic carbocycles. The first-order valence-corrected chi connectivity index (χ1v) is 19.5. The van der Waals surface area contributed by atoms with Crippen molar-refractivity contribution in [1.82, 2.24) is 0 Å². The van der Waals surface area contributed by atoms with Gasteiger partial charge in [-0.1, -0.05) is 181 Å². The topological polar surface area (TPSA) is 77.4 Å². The van der Waals surface area contributed by atoms with Crippen LogP contribution in [0.2, 0.25) is 0 Å². The first-order chi connectivity index (χ1) is 21.7. The summed E-state index contributed by atoms with van der Waals surface area (Å²) in [5.41, 5.74) is 0. The summed E-state index contributed by atoms with van der Waals surface area (Å²) in [6, 6.07) is 0. The third kappa shape index (κ3) is 37.9. The van der Waals surface area contributed by atoms with Gasteiger partial charge in [-0.15, -0.1) is 0 Å². The monoisotopic (exact) mass is 631 g/mol. The SMILES string of the molecule is CCCCCCCCCCCCCCCCOCC(O)COOCC(O)COCCCCCCCCCCCCCCCC. The highest BCUT2D eigenvalue weighted by molar-refractivity contribution is 4.54. The van der Waals surface area contributed by atoms with Crippen LogP contribution in [0.25, 0.3) is 0 Å². The van der Waals surface area contributed by atoms with Crippen molar-refractivity contribution in [2.24, 2.45) is 0 Å². The third-order valence-electron chi connectivity index (χ3n) is 8.51. The van der Waals surface area contributed by atoms with Crippen LogP contribution < -0.4 is 0 Å². The number of aliphatic hydroxyl groups excluding tert-OH is 2.